The number of nitrogens with zero attached hydrogens (tertiary/aromatic N) is 1. The second kappa shape index (κ2) is 7.20. The third-order valence-corrected chi connectivity index (χ3v) is 3.44. The molecule has 1 fully saturated rings. The smallest absolute Gasteiger partial charge is 0.240 e. The van der Waals surface area contributed by atoms with Crippen LogP contribution in [0.2, 0.25) is 0 Å². The largest absolute Gasteiger partial charge is 0.326 e. The molecule has 1 aromatic carbocycles. The average molecular weight is 301 g/mol. The number of anilines is 1. The Labute approximate surface area is 131 Å². The van der Waals surface area contributed by atoms with Gasteiger partial charge in [-0.1, -0.05) is 26.0 Å². The van der Waals surface area contributed by atoms with Crippen molar-refractivity contribution in [3.63, 3.8) is 0 Å². The Balaban J connectivity index is 1.98. The molecule has 5 nitrogen and oxygen atoms in total. The highest BCUT2D eigenvalue weighted by Gasteiger charge is 2.29. The predicted octanol–water partition coefficient (Wildman–Crippen LogP) is 2.92. The monoisotopic (exact) mass is 301 g/mol. The lowest BCUT2D eigenvalue weighted by Gasteiger charge is -2.08. The molecule has 118 valence electrons. The number of nitrogens with one attached hydrogen (secondary N) is 2. The summed E-state index contributed by atoms with van der Waals surface area (Å²) >= 11 is 0. The molecule has 0 saturated heterocycles. The first-order valence-electron chi connectivity index (χ1n) is 7.70. The van der Waals surface area contributed by atoms with E-state index >= 15 is 0 Å². The molecule has 0 atom stereocenters. The van der Waals surface area contributed by atoms with Crippen molar-refractivity contribution in [3.05, 3.63) is 29.8 Å². The summed E-state index contributed by atoms with van der Waals surface area (Å²) in [4.78, 5) is 23.4. The first kappa shape index (κ1) is 16.2. The lowest BCUT2D eigenvalue weighted by molar-refractivity contribution is -0.121. The highest BCUT2D eigenvalue weighted by atomic mass is 16.2. The Kier molecular flexibility index (Phi) is 5.31. The molecular formula is C17H23N3O2. The first-order chi connectivity index (χ1) is 10.5. The molecular weight excluding hydrogens is 278 g/mol. The molecule has 1 saturated carbocycles. The quantitative estimate of drug-likeness (QED) is 0.626. The number of hydrogen-bond acceptors (Lipinski definition) is 3. The molecule has 0 aromatic heterocycles. The normalized spacial score (nSPS) is 14.8. The van der Waals surface area contributed by atoms with Crippen LogP contribution >= 0.6 is 0 Å². The zero-order valence-corrected chi connectivity index (χ0v) is 13.3. The molecule has 0 spiro atoms. The van der Waals surface area contributed by atoms with Crippen molar-refractivity contribution in [2.24, 2.45) is 16.9 Å². The molecule has 2 rings (SSSR count). The van der Waals surface area contributed by atoms with E-state index in [9.17, 15) is 9.59 Å². The number of hydrazone groups is 1. The third kappa shape index (κ3) is 4.98. The number of amides is 2. The summed E-state index contributed by atoms with van der Waals surface area (Å²) in [6, 6.07) is 7.50. The van der Waals surface area contributed by atoms with Gasteiger partial charge in [0.1, 0.15) is 0 Å². The molecule has 22 heavy (non-hydrogen) atoms. The van der Waals surface area contributed by atoms with E-state index in [4.69, 9.17) is 0 Å². The maximum Gasteiger partial charge on any atom is 0.240 e. The summed E-state index contributed by atoms with van der Waals surface area (Å²) < 4.78 is 0. The Morgan fingerprint density at radius 3 is 2.68 bits per heavy atom. The summed E-state index contributed by atoms with van der Waals surface area (Å²) in [5, 5.41) is 7.03. The molecule has 1 aromatic rings. The second-order valence-electron chi connectivity index (χ2n) is 6.17. The SMILES string of the molecule is C/C(=N/NC(=O)CC(C)C)c1cccc(NC(=O)C2CC2)c1. The van der Waals surface area contributed by atoms with Crippen LogP contribution in [-0.2, 0) is 9.59 Å². The van der Waals surface area contributed by atoms with Gasteiger partial charge < -0.3 is 5.32 Å². The van der Waals surface area contributed by atoms with E-state index < -0.39 is 0 Å². The van der Waals surface area contributed by atoms with Gasteiger partial charge in [-0.25, -0.2) is 5.43 Å². The van der Waals surface area contributed by atoms with Gasteiger partial charge in [-0.05, 0) is 43.4 Å². The average Bonchev–Trinajstić information content (AvgIpc) is 3.29. The van der Waals surface area contributed by atoms with Gasteiger partial charge in [-0.3, -0.25) is 9.59 Å². The first-order valence-corrected chi connectivity index (χ1v) is 7.70. The second-order valence-corrected chi connectivity index (χ2v) is 6.17. The Bertz CT molecular complexity index is 589. The zero-order chi connectivity index (χ0) is 16.1. The lowest BCUT2D eigenvalue weighted by atomic mass is 10.1. The van der Waals surface area contributed by atoms with Crippen LogP contribution in [0.25, 0.3) is 0 Å². The summed E-state index contributed by atoms with van der Waals surface area (Å²) in [5.74, 6) is 0.467. The van der Waals surface area contributed by atoms with E-state index in [1.54, 1.807) is 0 Å². The zero-order valence-electron chi connectivity index (χ0n) is 13.3. The number of carbonyl (C=O) groups is 2. The van der Waals surface area contributed by atoms with E-state index in [-0.39, 0.29) is 17.7 Å². The van der Waals surface area contributed by atoms with Gasteiger partial charge in [0, 0.05) is 18.0 Å². The van der Waals surface area contributed by atoms with Crippen LogP contribution in [0.3, 0.4) is 0 Å². The highest BCUT2D eigenvalue weighted by molar-refractivity contribution is 6.01. The molecule has 2 amide bonds. The molecule has 0 heterocycles. The van der Waals surface area contributed by atoms with Gasteiger partial charge in [-0.2, -0.15) is 5.10 Å². The van der Waals surface area contributed by atoms with Crippen molar-refractivity contribution in [2.45, 2.75) is 40.0 Å². The molecule has 0 unspecified atom stereocenters. The minimum atomic E-state index is -0.0902. The fourth-order valence-electron chi connectivity index (χ4n) is 2.04. The molecule has 1 aliphatic carbocycles. The van der Waals surface area contributed by atoms with E-state index in [0.717, 1.165) is 24.1 Å². The molecule has 1 aliphatic rings. The fraction of sp³-hybridized carbons (Fsp3) is 0.471. The van der Waals surface area contributed by atoms with Gasteiger partial charge in [-0.15, -0.1) is 0 Å². The molecule has 0 aliphatic heterocycles. The van der Waals surface area contributed by atoms with Crippen LogP contribution in [0, 0.1) is 11.8 Å². The van der Waals surface area contributed by atoms with E-state index in [2.05, 4.69) is 15.8 Å². The van der Waals surface area contributed by atoms with Crippen molar-refractivity contribution in [1.29, 1.82) is 0 Å². The summed E-state index contributed by atoms with van der Waals surface area (Å²) in [6.07, 6.45) is 2.41. The molecule has 0 radical (unpaired) electrons. The van der Waals surface area contributed by atoms with Crippen LogP contribution in [0.1, 0.15) is 45.6 Å². The topological polar surface area (TPSA) is 70.6 Å². The van der Waals surface area contributed by atoms with Crippen molar-refractivity contribution in [3.8, 4) is 0 Å². The number of benzene rings is 1. The molecule has 2 N–H and O–H groups in total. The standard InChI is InChI=1S/C17H23N3O2/c1-11(2)9-16(21)20-19-12(3)14-5-4-6-15(10-14)18-17(22)13-7-8-13/h4-6,10-11,13H,7-9H2,1-3H3,(H,18,22)(H,20,21)/b19-12-. The van der Waals surface area contributed by atoms with Gasteiger partial charge in [0.2, 0.25) is 11.8 Å². The van der Waals surface area contributed by atoms with Crippen molar-refractivity contribution in [1.82, 2.24) is 5.43 Å². The minimum absolute atomic E-state index is 0.0805. The maximum absolute atomic E-state index is 11.8. The summed E-state index contributed by atoms with van der Waals surface area (Å²) in [6.45, 7) is 5.81. The van der Waals surface area contributed by atoms with Gasteiger partial charge >= 0.3 is 0 Å². The number of carbonyl (C=O) groups excluding carboxylic acids is 2. The van der Waals surface area contributed by atoms with Crippen LogP contribution < -0.4 is 10.7 Å². The molecule has 0 bridgehead atoms. The summed E-state index contributed by atoms with van der Waals surface area (Å²) in [7, 11) is 0. The van der Waals surface area contributed by atoms with E-state index in [1.165, 1.54) is 0 Å². The van der Waals surface area contributed by atoms with Crippen LogP contribution in [0.5, 0.6) is 0 Å². The number of rotatable bonds is 6. The van der Waals surface area contributed by atoms with Gasteiger partial charge in [0.15, 0.2) is 0 Å². The maximum atomic E-state index is 11.8. The predicted molar refractivity (Wildman–Crippen MR) is 87.6 cm³/mol. The minimum Gasteiger partial charge on any atom is -0.326 e. The molecule has 5 heteroatoms. The van der Waals surface area contributed by atoms with Gasteiger partial charge in [0.05, 0.1) is 5.71 Å². The van der Waals surface area contributed by atoms with Crippen LogP contribution in [0.4, 0.5) is 5.69 Å². The van der Waals surface area contributed by atoms with Crippen molar-refractivity contribution in [2.75, 3.05) is 5.32 Å². The lowest BCUT2D eigenvalue weighted by Crippen LogP contribution is -2.20. The Morgan fingerprint density at radius 2 is 2.05 bits per heavy atom. The fourth-order valence-corrected chi connectivity index (χ4v) is 2.04. The summed E-state index contributed by atoms with van der Waals surface area (Å²) in [5.41, 5.74) is 4.91. The highest BCUT2D eigenvalue weighted by Crippen LogP contribution is 2.30. The Hall–Kier alpha value is -2.17. The van der Waals surface area contributed by atoms with Crippen LogP contribution in [0.15, 0.2) is 29.4 Å². The number of hydrogen-bond donors (Lipinski definition) is 2. The van der Waals surface area contributed by atoms with Crippen LogP contribution in [-0.4, -0.2) is 17.5 Å². The van der Waals surface area contributed by atoms with Gasteiger partial charge in [0.25, 0.3) is 0 Å². The third-order valence-electron chi connectivity index (χ3n) is 3.44. The van der Waals surface area contributed by atoms with Crippen molar-refractivity contribution < 1.29 is 9.59 Å². The van der Waals surface area contributed by atoms with Crippen molar-refractivity contribution >= 4 is 23.2 Å². The van der Waals surface area contributed by atoms with E-state index in [1.807, 2.05) is 45.0 Å². The van der Waals surface area contributed by atoms with E-state index in [0.29, 0.717) is 18.1 Å². The Morgan fingerprint density at radius 1 is 1.32 bits per heavy atom.